The van der Waals surface area contributed by atoms with Gasteiger partial charge in [0.2, 0.25) is 10.0 Å². The fourth-order valence-corrected chi connectivity index (χ4v) is 5.87. The first-order valence-corrected chi connectivity index (χ1v) is 12.8. The van der Waals surface area contributed by atoms with Crippen LogP contribution in [0.4, 0.5) is 9.18 Å². The third kappa shape index (κ3) is 5.63. The van der Waals surface area contributed by atoms with Crippen molar-refractivity contribution in [3.05, 3.63) is 35.2 Å². The topological polar surface area (TPSA) is 97.4 Å². The normalized spacial score (nSPS) is 18.9. The minimum absolute atomic E-state index is 0.164. The molecular weight excluding hydrogens is 445 g/mol. The van der Waals surface area contributed by atoms with Crippen molar-refractivity contribution in [2.45, 2.75) is 88.4 Å². The van der Waals surface area contributed by atoms with E-state index in [-0.39, 0.29) is 17.5 Å². The summed E-state index contributed by atoms with van der Waals surface area (Å²) >= 11 is 0. The average Bonchev–Trinajstić information content (AvgIpc) is 3.43. The molecule has 1 amide bonds. The number of carbonyl (C=O) groups excluding carboxylic acids is 1. The molecule has 0 bridgehead atoms. The SMILES string of the molecule is CC(C)(F)CNS(=O)(=O)c1c2c(cc3cnc(C4CC4)cc13)C[C@H](NC(=O)OC(C)(C)C)C2. The highest BCUT2D eigenvalue weighted by Crippen LogP contribution is 2.42. The first kappa shape index (κ1) is 23.9. The van der Waals surface area contributed by atoms with E-state index in [4.69, 9.17) is 4.74 Å². The van der Waals surface area contributed by atoms with Crippen LogP contribution in [0, 0.1) is 0 Å². The maximum Gasteiger partial charge on any atom is 0.407 e. The molecule has 4 rings (SSSR count). The molecule has 1 saturated carbocycles. The maximum absolute atomic E-state index is 14.1. The Morgan fingerprint density at radius 1 is 1.18 bits per heavy atom. The van der Waals surface area contributed by atoms with Crippen LogP contribution in [-0.2, 0) is 27.6 Å². The van der Waals surface area contributed by atoms with Gasteiger partial charge in [0.05, 0.1) is 4.90 Å². The first-order chi connectivity index (χ1) is 15.2. The second kappa shape index (κ2) is 8.20. The molecule has 2 N–H and O–H groups in total. The summed E-state index contributed by atoms with van der Waals surface area (Å²) in [5, 5.41) is 4.17. The molecule has 1 aromatic heterocycles. The Balaban J connectivity index is 1.74. The molecule has 0 aliphatic heterocycles. The minimum Gasteiger partial charge on any atom is -0.444 e. The molecule has 0 spiro atoms. The lowest BCUT2D eigenvalue weighted by molar-refractivity contribution is 0.0506. The van der Waals surface area contributed by atoms with Crippen molar-refractivity contribution in [3.63, 3.8) is 0 Å². The summed E-state index contributed by atoms with van der Waals surface area (Å²) in [6.45, 7) is 7.69. The van der Waals surface area contributed by atoms with Crippen LogP contribution in [0.5, 0.6) is 0 Å². The van der Waals surface area contributed by atoms with E-state index in [1.807, 2.05) is 12.1 Å². The number of ether oxygens (including phenoxy) is 1. The molecule has 2 aliphatic carbocycles. The van der Waals surface area contributed by atoms with E-state index in [1.54, 1.807) is 27.0 Å². The number of pyridine rings is 1. The summed E-state index contributed by atoms with van der Waals surface area (Å²) in [6.07, 6.45) is 4.09. The van der Waals surface area contributed by atoms with Crippen molar-refractivity contribution in [2.24, 2.45) is 0 Å². The largest absolute Gasteiger partial charge is 0.444 e. The molecule has 0 unspecified atom stereocenters. The molecule has 180 valence electrons. The number of alkyl halides is 1. The van der Waals surface area contributed by atoms with Crippen molar-refractivity contribution in [3.8, 4) is 0 Å². The summed E-state index contributed by atoms with van der Waals surface area (Å²) in [5.74, 6) is 0.359. The number of fused-ring (bicyclic) bond motifs is 2. The molecule has 1 fully saturated rings. The van der Waals surface area contributed by atoms with Crippen LogP contribution in [0.2, 0.25) is 0 Å². The Labute approximate surface area is 194 Å². The molecule has 1 atom stereocenters. The van der Waals surface area contributed by atoms with Gasteiger partial charge in [-0.2, -0.15) is 0 Å². The summed E-state index contributed by atoms with van der Waals surface area (Å²) in [7, 11) is -4.01. The molecular formula is C24H32FN3O4S. The van der Waals surface area contributed by atoms with Gasteiger partial charge < -0.3 is 10.1 Å². The van der Waals surface area contributed by atoms with Gasteiger partial charge in [-0.15, -0.1) is 0 Å². The van der Waals surface area contributed by atoms with Gasteiger partial charge in [-0.1, -0.05) is 0 Å². The molecule has 2 aromatic rings. The van der Waals surface area contributed by atoms with Crippen LogP contribution >= 0.6 is 0 Å². The van der Waals surface area contributed by atoms with E-state index in [1.165, 1.54) is 13.8 Å². The number of halogens is 1. The fraction of sp³-hybridized carbons (Fsp3) is 0.583. The van der Waals surface area contributed by atoms with E-state index in [2.05, 4.69) is 15.0 Å². The Morgan fingerprint density at radius 2 is 1.88 bits per heavy atom. The number of rotatable bonds is 6. The van der Waals surface area contributed by atoms with Crippen molar-refractivity contribution in [1.82, 2.24) is 15.0 Å². The molecule has 9 heteroatoms. The van der Waals surface area contributed by atoms with Gasteiger partial charge in [0.1, 0.15) is 11.3 Å². The lowest BCUT2D eigenvalue weighted by Crippen LogP contribution is -2.39. The van der Waals surface area contributed by atoms with Crippen LogP contribution in [0.25, 0.3) is 10.8 Å². The Morgan fingerprint density at radius 3 is 2.48 bits per heavy atom. The van der Waals surface area contributed by atoms with Gasteiger partial charge in [-0.3, -0.25) is 4.98 Å². The highest BCUT2D eigenvalue weighted by atomic mass is 32.2. The summed E-state index contributed by atoms with van der Waals surface area (Å²) < 4.78 is 48.9. The molecule has 7 nitrogen and oxygen atoms in total. The predicted molar refractivity (Wildman–Crippen MR) is 125 cm³/mol. The van der Waals surface area contributed by atoms with Crippen molar-refractivity contribution in [1.29, 1.82) is 0 Å². The van der Waals surface area contributed by atoms with E-state index >= 15 is 0 Å². The lowest BCUT2D eigenvalue weighted by atomic mass is 10.0. The maximum atomic E-state index is 14.1. The van der Waals surface area contributed by atoms with E-state index < -0.39 is 27.4 Å². The number of carbonyl (C=O) groups is 1. The van der Waals surface area contributed by atoms with Gasteiger partial charge >= 0.3 is 6.09 Å². The van der Waals surface area contributed by atoms with Gasteiger partial charge in [0.15, 0.2) is 0 Å². The van der Waals surface area contributed by atoms with Crippen molar-refractivity contribution < 1.29 is 22.3 Å². The zero-order valence-electron chi connectivity index (χ0n) is 19.8. The van der Waals surface area contributed by atoms with Gasteiger partial charge in [-0.05, 0) is 83.6 Å². The second-order valence-electron chi connectivity index (χ2n) is 10.7. The Kier molecular flexibility index (Phi) is 5.93. The van der Waals surface area contributed by atoms with E-state index in [0.717, 1.165) is 29.5 Å². The second-order valence-corrected chi connectivity index (χ2v) is 12.4. The van der Waals surface area contributed by atoms with Crippen molar-refractivity contribution >= 4 is 26.9 Å². The van der Waals surface area contributed by atoms with Gasteiger partial charge in [0.25, 0.3) is 0 Å². The molecule has 1 aromatic carbocycles. The molecule has 33 heavy (non-hydrogen) atoms. The molecule has 0 saturated heterocycles. The number of nitrogens with one attached hydrogen (secondary N) is 2. The number of benzene rings is 1. The van der Waals surface area contributed by atoms with Crippen LogP contribution in [0.3, 0.4) is 0 Å². The minimum atomic E-state index is -4.01. The lowest BCUT2D eigenvalue weighted by Gasteiger charge is -2.21. The van der Waals surface area contributed by atoms with Gasteiger partial charge in [-0.25, -0.2) is 22.3 Å². The number of amides is 1. The number of hydrogen-bond donors (Lipinski definition) is 2. The molecule has 2 aliphatic rings. The number of aromatic nitrogens is 1. The predicted octanol–water partition coefficient (Wildman–Crippen LogP) is 4.13. The van der Waals surface area contributed by atoms with E-state index in [9.17, 15) is 17.6 Å². The fourth-order valence-electron chi connectivity index (χ4n) is 4.19. The summed E-state index contributed by atoms with van der Waals surface area (Å²) in [6, 6.07) is 3.51. The quantitative estimate of drug-likeness (QED) is 0.652. The van der Waals surface area contributed by atoms with Crippen LogP contribution < -0.4 is 10.0 Å². The number of nitrogens with zero attached hydrogens (tertiary/aromatic N) is 1. The number of hydrogen-bond acceptors (Lipinski definition) is 5. The number of sulfonamides is 1. The zero-order chi connectivity index (χ0) is 24.2. The average molecular weight is 478 g/mol. The molecule has 1 heterocycles. The van der Waals surface area contributed by atoms with Crippen LogP contribution in [-0.4, -0.2) is 43.4 Å². The standard InChI is InChI=1S/C24H32FN3O4S/c1-23(2,3)32-22(29)28-17-9-15-8-16-12-26-20(14-6-7-14)11-19(16)21(18(15)10-17)33(30,31)27-13-24(4,5)25/h8,11-12,14,17,27H,6-7,9-10,13H2,1-5H3,(H,28,29)/t17-/m0/s1. The summed E-state index contributed by atoms with van der Waals surface area (Å²) in [5.41, 5.74) is 0.0472. The third-order valence-corrected chi connectivity index (χ3v) is 7.30. The van der Waals surface area contributed by atoms with Crippen LogP contribution in [0.15, 0.2) is 23.2 Å². The van der Waals surface area contributed by atoms with E-state index in [0.29, 0.717) is 29.7 Å². The monoisotopic (exact) mass is 477 g/mol. The van der Waals surface area contributed by atoms with Gasteiger partial charge in [0, 0.05) is 41.2 Å². The smallest absolute Gasteiger partial charge is 0.407 e. The Bertz CT molecular complexity index is 1190. The zero-order valence-corrected chi connectivity index (χ0v) is 20.6. The Hall–Kier alpha value is -2.26. The third-order valence-electron chi connectivity index (χ3n) is 5.78. The number of alkyl carbamates (subject to hydrolysis) is 1. The summed E-state index contributed by atoms with van der Waals surface area (Å²) in [4.78, 5) is 17.0. The highest BCUT2D eigenvalue weighted by molar-refractivity contribution is 7.89. The van der Waals surface area contributed by atoms with Crippen LogP contribution in [0.1, 0.15) is 70.2 Å². The van der Waals surface area contributed by atoms with Crippen molar-refractivity contribution in [2.75, 3.05) is 6.54 Å². The first-order valence-electron chi connectivity index (χ1n) is 11.3. The molecule has 0 radical (unpaired) electrons. The highest BCUT2D eigenvalue weighted by Gasteiger charge is 2.34.